The number of hydrogen-bond donors (Lipinski definition) is 2. The molecule has 0 bridgehead atoms. The third-order valence-electron chi connectivity index (χ3n) is 5.54. The van der Waals surface area contributed by atoms with Crippen LogP contribution in [0.3, 0.4) is 0 Å². The fourth-order valence-electron chi connectivity index (χ4n) is 3.67. The molecule has 2 heterocycles. The fourth-order valence-corrected chi connectivity index (χ4v) is 4.61. The first kappa shape index (κ1) is 22.3. The van der Waals surface area contributed by atoms with Crippen LogP contribution in [0.5, 0.6) is 0 Å². The van der Waals surface area contributed by atoms with Crippen LogP contribution in [0.25, 0.3) is 0 Å². The maximum absolute atomic E-state index is 12.5. The molecular formula is C22H22ClIN4O2S. The predicted octanol–water partition coefficient (Wildman–Crippen LogP) is 4.57. The molecule has 1 saturated heterocycles. The molecule has 0 saturated carbocycles. The van der Waals surface area contributed by atoms with Crippen LogP contribution >= 0.6 is 46.4 Å². The topological polar surface area (TPSA) is 66.0 Å². The molecular weight excluding hydrogens is 547 g/mol. The summed E-state index contributed by atoms with van der Waals surface area (Å²) >= 11 is 13.8. The molecule has 4 rings (SSSR count). The number of halogens is 2. The Kier molecular flexibility index (Phi) is 6.98. The van der Waals surface area contributed by atoms with E-state index in [1.807, 2.05) is 36.4 Å². The summed E-state index contributed by atoms with van der Waals surface area (Å²) in [6, 6.07) is 15.4. The maximum Gasteiger partial charge on any atom is 0.269 e. The second-order valence-electron chi connectivity index (χ2n) is 7.70. The van der Waals surface area contributed by atoms with E-state index in [0.29, 0.717) is 28.8 Å². The van der Waals surface area contributed by atoms with Crippen LogP contribution in [-0.2, 0) is 16.2 Å². The van der Waals surface area contributed by atoms with Gasteiger partial charge in [0.15, 0.2) is 5.11 Å². The van der Waals surface area contributed by atoms with Gasteiger partial charge in [0, 0.05) is 47.5 Å². The predicted molar refractivity (Wildman–Crippen MR) is 135 cm³/mol. The first-order valence-corrected chi connectivity index (χ1v) is 11.9. The lowest BCUT2D eigenvalue weighted by Crippen LogP contribution is -2.48. The summed E-state index contributed by atoms with van der Waals surface area (Å²) in [4.78, 5) is 20.4. The summed E-state index contributed by atoms with van der Waals surface area (Å²) in [5.74, 6) is -0.190. The number of nitrogens with zero attached hydrogens (tertiary/aromatic N) is 2. The lowest BCUT2D eigenvalue weighted by atomic mass is 9.87. The number of nitrogens with one attached hydrogen (secondary N) is 2. The highest BCUT2D eigenvalue weighted by molar-refractivity contribution is 14.1. The Morgan fingerprint density at radius 3 is 2.61 bits per heavy atom. The number of carbonyl (C=O) groups is 1. The van der Waals surface area contributed by atoms with Crippen molar-refractivity contribution in [3.8, 4) is 0 Å². The van der Waals surface area contributed by atoms with Crippen molar-refractivity contribution in [2.24, 2.45) is 5.16 Å². The third-order valence-corrected chi connectivity index (χ3v) is 7.10. The third kappa shape index (κ3) is 5.48. The van der Waals surface area contributed by atoms with E-state index in [0.717, 1.165) is 40.8 Å². The van der Waals surface area contributed by atoms with Crippen LogP contribution in [0.2, 0.25) is 5.02 Å². The first-order valence-electron chi connectivity index (χ1n) is 10.0. The van der Waals surface area contributed by atoms with Crippen molar-refractivity contribution in [1.82, 2.24) is 10.2 Å². The summed E-state index contributed by atoms with van der Waals surface area (Å²) in [7, 11) is 0. The average Bonchev–Trinajstić information content (AvgIpc) is 3.19. The van der Waals surface area contributed by atoms with Crippen LogP contribution in [0, 0.1) is 3.57 Å². The van der Waals surface area contributed by atoms with Gasteiger partial charge in [0.1, 0.15) is 11.3 Å². The molecule has 1 spiro atoms. The molecule has 0 aromatic heterocycles. The average molecular weight is 569 g/mol. The van der Waals surface area contributed by atoms with Crippen LogP contribution in [-0.4, -0.2) is 40.3 Å². The van der Waals surface area contributed by atoms with Gasteiger partial charge in [0.25, 0.3) is 5.91 Å². The normalized spacial score (nSPS) is 17.1. The quantitative estimate of drug-likeness (QED) is 0.418. The van der Waals surface area contributed by atoms with Gasteiger partial charge in [0.2, 0.25) is 0 Å². The first-order chi connectivity index (χ1) is 14.9. The highest BCUT2D eigenvalue weighted by Gasteiger charge is 2.44. The number of para-hydroxylation sites is 1. The van der Waals surface area contributed by atoms with Crippen molar-refractivity contribution in [3.05, 3.63) is 62.7 Å². The van der Waals surface area contributed by atoms with Gasteiger partial charge in [-0.25, -0.2) is 0 Å². The van der Waals surface area contributed by atoms with Crippen LogP contribution in [0.1, 0.15) is 24.8 Å². The smallest absolute Gasteiger partial charge is 0.269 e. The summed E-state index contributed by atoms with van der Waals surface area (Å²) in [6.07, 6.45) is 2.04. The van der Waals surface area contributed by atoms with Gasteiger partial charge in [0.05, 0.1) is 5.69 Å². The summed E-state index contributed by atoms with van der Waals surface area (Å²) < 4.78 is 1.12. The Morgan fingerprint density at radius 2 is 1.90 bits per heavy atom. The lowest BCUT2D eigenvalue weighted by Gasteiger charge is -2.38. The minimum absolute atomic E-state index is 0.190. The zero-order chi connectivity index (χ0) is 21.8. The molecule has 31 heavy (non-hydrogen) atoms. The van der Waals surface area contributed by atoms with Gasteiger partial charge >= 0.3 is 0 Å². The number of carbonyl (C=O) groups excluding carboxylic acids is 1. The standard InChI is InChI=1S/C22H22ClIN4O2S/c23-16-7-5-15(6-8-16)14-25-20(29)19-13-22(30-27-19)9-11-28(12-10-22)21(31)26-18-4-2-1-3-17(18)24/h1-8H,9-14H2,(H,25,29)(H,26,31). The molecule has 2 N–H and O–H groups in total. The highest BCUT2D eigenvalue weighted by atomic mass is 127. The summed E-state index contributed by atoms with van der Waals surface area (Å²) in [6.45, 7) is 1.93. The fraction of sp³-hybridized carbons (Fsp3) is 0.318. The number of anilines is 1. The van der Waals surface area contributed by atoms with Gasteiger partial charge in [-0.2, -0.15) is 0 Å². The van der Waals surface area contributed by atoms with Gasteiger partial charge in [-0.15, -0.1) is 0 Å². The van der Waals surface area contributed by atoms with Gasteiger partial charge in [-0.1, -0.05) is 41.0 Å². The second-order valence-corrected chi connectivity index (χ2v) is 9.68. The summed E-state index contributed by atoms with van der Waals surface area (Å²) in [5.41, 5.74) is 2.02. The largest absolute Gasteiger partial charge is 0.388 e. The Morgan fingerprint density at radius 1 is 1.19 bits per heavy atom. The molecule has 2 aliphatic rings. The van der Waals surface area contributed by atoms with E-state index in [4.69, 9.17) is 28.7 Å². The minimum atomic E-state index is -0.416. The van der Waals surface area contributed by atoms with E-state index in [1.165, 1.54) is 0 Å². The molecule has 1 amide bonds. The van der Waals surface area contributed by atoms with Crippen molar-refractivity contribution < 1.29 is 9.63 Å². The van der Waals surface area contributed by atoms with Crippen molar-refractivity contribution in [3.63, 3.8) is 0 Å². The minimum Gasteiger partial charge on any atom is -0.388 e. The number of piperidine rings is 1. The van der Waals surface area contributed by atoms with Crippen molar-refractivity contribution in [2.45, 2.75) is 31.4 Å². The molecule has 162 valence electrons. The van der Waals surface area contributed by atoms with Gasteiger partial charge in [-0.05, 0) is 64.6 Å². The van der Waals surface area contributed by atoms with Crippen molar-refractivity contribution >= 4 is 68.8 Å². The number of hydrogen-bond acceptors (Lipinski definition) is 4. The molecule has 0 radical (unpaired) electrons. The number of likely N-dealkylation sites (tertiary alicyclic amines) is 1. The Hall–Kier alpha value is -1.91. The van der Waals surface area contributed by atoms with Crippen LogP contribution < -0.4 is 10.6 Å². The maximum atomic E-state index is 12.5. The Labute approximate surface area is 205 Å². The number of thiocarbonyl (C=S) groups is 1. The SMILES string of the molecule is O=C(NCc1ccc(Cl)cc1)C1=NOC2(CCN(C(=S)Nc3ccccc3I)CC2)C1. The monoisotopic (exact) mass is 568 g/mol. The van der Waals surface area contributed by atoms with E-state index >= 15 is 0 Å². The Bertz CT molecular complexity index is 1010. The van der Waals surface area contributed by atoms with Crippen LogP contribution in [0.4, 0.5) is 5.69 Å². The van der Waals surface area contributed by atoms with Crippen LogP contribution in [0.15, 0.2) is 53.7 Å². The molecule has 9 heteroatoms. The molecule has 6 nitrogen and oxygen atoms in total. The number of benzene rings is 2. The number of rotatable bonds is 4. The zero-order valence-corrected chi connectivity index (χ0v) is 20.5. The molecule has 0 aliphatic carbocycles. The van der Waals surface area contributed by atoms with E-state index < -0.39 is 5.60 Å². The molecule has 2 aromatic rings. The molecule has 0 atom stereocenters. The second kappa shape index (κ2) is 9.70. The Balaban J connectivity index is 1.26. The van der Waals surface area contributed by atoms with E-state index in [2.05, 4.69) is 43.3 Å². The van der Waals surface area contributed by atoms with Crippen molar-refractivity contribution in [1.29, 1.82) is 0 Å². The lowest BCUT2D eigenvalue weighted by molar-refractivity contribution is -0.115. The molecule has 1 fully saturated rings. The highest BCUT2D eigenvalue weighted by Crippen LogP contribution is 2.35. The molecule has 2 aliphatic heterocycles. The van der Waals surface area contributed by atoms with Crippen molar-refractivity contribution in [2.75, 3.05) is 18.4 Å². The zero-order valence-electron chi connectivity index (χ0n) is 16.7. The number of oxime groups is 1. The van der Waals surface area contributed by atoms with E-state index in [9.17, 15) is 4.79 Å². The number of amides is 1. The summed E-state index contributed by atoms with van der Waals surface area (Å²) in [5, 5.41) is 11.7. The van der Waals surface area contributed by atoms with E-state index in [-0.39, 0.29) is 5.91 Å². The van der Waals surface area contributed by atoms with Gasteiger partial charge < -0.3 is 20.4 Å². The molecule has 0 unspecified atom stereocenters. The van der Waals surface area contributed by atoms with E-state index in [1.54, 1.807) is 12.1 Å². The van der Waals surface area contributed by atoms with Gasteiger partial charge in [-0.3, -0.25) is 4.79 Å². The molecule has 2 aromatic carbocycles.